The first-order chi connectivity index (χ1) is 8.84. The maximum atomic E-state index is 12.4. The molecule has 0 saturated carbocycles. The van der Waals surface area contributed by atoms with E-state index in [2.05, 4.69) is 5.10 Å². The second-order valence-corrected chi connectivity index (χ2v) is 5.61. The first-order valence-electron chi connectivity index (χ1n) is 6.21. The summed E-state index contributed by atoms with van der Waals surface area (Å²) in [5.41, 5.74) is -0.0405. The summed E-state index contributed by atoms with van der Waals surface area (Å²) < 4.78 is 0. The predicted octanol–water partition coefficient (Wildman–Crippen LogP) is 2.91. The molecule has 5 heteroatoms. The van der Waals surface area contributed by atoms with Gasteiger partial charge in [-0.2, -0.15) is 10.1 Å². The summed E-state index contributed by atoms with van der Waals surface area (Å²) in [4.78, 5) is 12.4. The Morgan fingerprint density at radius 3 is 2.53 bits per heavy atom. The van der Waals surface area contributed by atoms with Crippen molar-refractivity contribution in [1.82, 2.24) is 5.01 Å². The molecule has 1 amide bonds. The Balaban J connectivity index is 2.34. The van der Waals surface area contributed by atoms with Crippen LogP contribution in [-0.4, -0.2) is 27.5 Å². The van der Waals surface area contributed by atoms with Crippen molar-refractivity contribution in [2.75, 3.05) is 0 Å². The molecule has 4 nitrogen and oxygen atoms in total. The van der Waals surface area contributed by atoms with E-state index in [0.717, 1.165) is 5.71 Å². The molecule has 0 saturated heterocycles. The molecule has 1 aromatic rings. The Hall–Kier alpha value is -1.39. The summed E-state index contributed by atoms with van der Waals surface area (Å²) in [7, 11) is 0. The number of amides is 1. The lowest BCUT2D eigenvalue weighted by molar-refractivity contribution is -0.103. The maximum Gasteiger partial charge on any atom is 0.276 e. The van der Waals surface area contributed by atoms with Gasteiger partial charge in [-0.1, -0.05) is 25.4 Å². The van der Waals surface area contributed by atoms with Crippen molar-refractivity contribution in [2.24, 2.45) is 11.0 Å². The summed E-state index contributed by atoms with van der Waals surface area (Å²) in [6.45, 7) is 5.55. The van der Waals surface area contributed by atoms with Gasteiger partial charge < -0.3 is 5.11 Å². The second-order valence-electron chi connectivity index (χ2n) is 5.17. The van der Waals surface area contributed by atoms with E-state index >= 15 is 0 Å². The van der Waals surface area contributed by atoms with E-state index in [9.17, 15) is 9.90 Å². The molecule has 1 aromatic carbocycles. The number of carbonyl (C=O) groups excluding carboxylic acids is 1. The van der Waals surface area contributed by atoms with Crippen LogP contribution >= 0.6 is 11.6 Å². The molecule has 0 aromatic heterocycles. The smallest absolute Gasteiger partial charge is 0.276 e. The highest BCUT2D eigenvalue weighted by molar-refractivity contribution is 6.30. The van der Waals surface area contributed by atoms with Crippen LogP contribution in [0.4, 0.5) is 0 Å². The minimum absolute atomic E-state index is 0.107. The normalized spacial score (nSPS) is 22.8. The van der Waals surface area contributed by atoms with Gasteiger partial charge in [0.1, 0.15) is 0 Å². The molecule has 102 valence electrons. The molecule has 1 N–H and O–H groups in total. The summed E-state index contributed by atoms with van der Waals surface area (Å²) in [6, 6.07) is 6.56. The molecule has 0 aliphatic carbocycles. The van der Waals surface area contributed by atoms with Crippen molar-refractivity contribution in [3.63, 3.8) is 0 Å². The highest BCUT2D eigenvalue weighted by Crippen LogP contribution is 2.33. The Labute approximate surface area is 117 Å². The highest BCUT2D eigenvalue weighted by atomic mass is 35.5. The van der Waals surface area contributed by atoms with Crippen molar-refractivity contribution < 1.29 is 9.90 Å². The molecule has 0 spiro atoms. The number of hydrogen-bond donors (Lipinski definition) is 1. The van der Waals surface area contributed by atoms with Crippen molar-refractivity contribution in [2.45, 2.75) is 32.9 Å². The zero-order chi connectivity index (χ0) is 14.2. The molecule has 19 heavy (non-hydrogen) atoms. The average molecular weight is 281 g/mol. The van der Waals surface area contributed by atoms with Gasteiger partial charge in [0, 0.05) is 28.6 Å². The van der Waals surface area contributed by atoms with Gasteiger partial charge in [0.25, 0.3) is 5.91 Å². The van der Waals surface area contributed by atoms with Crippen LogP contribution < -0.4 is 0 Å². The van der Waals surface area contributed by atoms with Crippen LogP contribution in [0.15, 0.2) is 29.4 Å². The molecular weight excluding hydrogens is 264 g/mol. The second kappa shape index (κ2) is 4.94. The van der Waals surface area contributed by atoms with E-state index in [1.54, 1.807) is 24.3 Å². The van der Waals surface area contributed by atoms with Gasteiger partial charge in [0.15, 0.2) is 5.72 Å². The van der Waals surface area contributed by atoms with E-state index in [1.807, 2.05) is 20.8 Å². The molecule has 1 heterocycles. The van der Waals surface area contributed by atoms with Crippen LogP contribution in [0.1, 0.15) is 37.6 Å². The van der Waals surface area contributed by atoms with E-state index < -0.39 is 5.72 Å². The molecule has 2 rings (SSSR count). The number of halogens is 1. The van der Waals surface area contributed by atoms with E-state index in [1.165, 1.54) is 5.01 Å². The molecule has 0 unspecified atom stereocenters. The zero-order valence-corrected chi connectivity index (χ0v) is 12.0. The number of benzene rings is 1. The lowest BCUT2D eigenvalue weighted by atomic mass is 9.94. The quantitative estimate of drug-likeness (QED) is 0.906. The van der Waals surface area contributed by atoms with Crippen LogP contribution in [0, 0.1) is 5.92 Å². The number of hydrogen-bond acceptors (Lipinski definition) is 3. The largest absolute Gasteiger partial charge is 0.368 e. The van der Waals surface area contributed by atoms with Crippen LogP contribution in [0.5, 0.6) is 0 Å². The van der Waals surface area contributed by atoms with Crippen molar-refractivity contribution in [3.05, 3.63) is 34.9 Å². The lowest BCUT2D eigenvalue weighted by Gasteiger charge is -2.34. The topological polar surface area (TPSA) is 52.9 Å². The van der Waals surface area contributed by atoms with Crippen LogP contribution in [0.25, 0.3) is 0 Å². The minimum Gasteiger partial charge on any atom is -0.368 e. The van der Waals surface area contributed by atoms with Crippen molar-refractivity contribution >= 4 is 23.2 Å². The monoisotopic (exact) mass is 280 g/mol. The first kappa shape index (κ1) is 14.0. The van der Waals surface area contributed by atoms with Gasteiger partial charge in [-0.25, -0.2) is 0 Å². The van der Waals surface area contributed by atoms with Gasteiger partial charge >= 0.3 is 0 Å². The number of rotatable bonds is 2. The number of aliphatic hydroxyl groups is 1. The Morgan fingerprint density at radius 2 is 2.00 bits per heavy atom. The van der Waals surface area contributed by atoms with Gasteiger partial charge in [0.2, 0.25) is 0 Å². The number of carbonyl (C=O) groups is 1. The van der Waals surface area contributed by atoms with Crippen LogP contribution in [-0.2, 0) is 0 Å². The predicted molar refractivity (Wildman–Crippen MR) is 75.1 cm³/mol. The molecule has 0 radical (unpaired) electrons. The third-order valence-corrected chi connectivity index (χ3v) is 3.61. The summed E-state index contributed by atoms with van der Waals surface area (Å²) in [5.74, 6) is -0.422. The van der Waals surface area contributed by atoms with Gasteiger partial charge in [-0.05, 0) is 31.2 Å². The first-order valence-corrected chi connectivity index (χ1v) is 6.59. The fraction of sp³-hybridized carbons (Fsp3) is 0.429. The average Bonchev–Trinajstić information content (AvgIpc) is 2.66. The summed E-state index contributed by atoms with van der Waals surface area (Å²) in [5, 5.41) is 16.6. The number of nitrogens with zero attached hydrogens (tertiary/aromatic N) is 2. The Kier molecular flexibility index (Phi) is 3.65. The molecule has 0 bridgehead atoms. The molecule has 1 atom stereocenters. The SMILES string of the molecule is CC1=NN(C(=O)c2ccc(Cl)cc2)[C@](O)(C(C)C)C1. The highest BCUT2D eigenvalue weighted by Gasteiger charge is 2.45. The molecule has 1 aliphatic heterocycles. The van der Waals surface area contributed by atoms with Crippen molar-refractivity contribution in [3.8, 4) is 0 Å². The van der Waals surface area contributed by atoms with Crippen molar-refractivity contribution in [1.29, 1.82) is 0 Å². The maximum absolute atomic E-state index is 12.4. The summed E-state index contributed by atoms with van der Waals surface area (Å²) >= 11 is 5.80. The van der Waals surface area contributed by atoms with Gasteiger partial charge in [-0.15, -0.1) is 0 Å². The third-order valence-electron chi connectivity index (χ3n) is 3.36. The fourth-order valence-electron chi connectivity index (χ4n) is 2.13. The Morgan fingerprint density at radius 1 is 1.42 bits per heavy atom. The lowest BCUT2D eigenvalue weighted by Crippen LogP contribution is -2.49. The third kappa shape index (κ3) is 2.51. The van der Waals surface area contributed by atoms with E-state index in [-0.39, 0.29) is 11.8 Å². The van der Waals surface area contributed by atoms with E-state index in [4.69, 9.17) is 11.6 Å². The van der Waals surface area contributed by atoms with Crippen LogP contribution in [0.2, 0.25) is 5.02 Å². The molecular formula is C14H17ClN2O2. The zero-order valence-electron chi connectivity index (χ0n) is 11.2. The van der Waals surface area contributed by atoms with Gasteiger partial charge in [-0.3, -0.25) is 4.79 Å². The van der Waals surface area contributed by atoms with Crippen LogP contribution in [0.3, 0.4) is 0 Å². The fourth-order valence-corrected chi connectivity index (χ4v) is 2.25. The number of hydrazone groups is 1. The molecule has 0 fully saturated rings. The Bertz CT molecular complexity index is 525. The van der Waals surface area contributed by atoms with E-state index in [0.29, 0.717) is 17.0 Å². The summed E-state index contributed by atoms with van der Waals surface area (Å²) in [6.07, 6.45) is 0.379. The molecule has 1 aliphatic rings. The standard InChI is InChI=1S/C14H17ClN2O2/c1-9(2)14(19)8-10(3)16-17(14)13(18)11-4-6-12(15)7-5-11/h4-7,9,19H,8H2,1-3H3/t14-/m1/s1. The minimum atomic E-state index is -1.25. The van der Waals surface area contributed by atoms with Gasteiger partial charge in [0.05, 0.1) is 0 Å².